The Labute approximate surface area is 136 Å². The molecule has 0 atom stereocenters. The van der Waals surface area contributed by atoms with Crippen LogP contribution in [0.4, 0.5) is 5.69 Å². The lowest BCUT2D eigenvalue weighted by atomic mass is 10.2. The van der Waals surface area contributed by atoms with Gasteiger partial charge in [0.1, 0.15) is 5.75 Å². The van der Waals surface area contributed by atoms with Crippen LogP contribution < -0.4 is 9.64 Å². The lowest BCUT2D eigenvalue weighted by molar-refractivity contribution is -0.116. The second-order valence-corrected chi connectivity index (χ2v) is 6.21. The number of para-hydroxylation sites is 1. The van der Waals surface area contributed by atoms with E-state index < -0.39 is 0 Å². The van der Waals surface area contributed by atoms with Crippen LogP contribution in [-0.2, 0) is 4.79 Å². The molecule has 0 N–H and O–H groups in total. The predicted octanol–water partition coefficient (Wildman–Crippen LogP) is 4.23. The van der Waals surface area contributed by atoms with Gasteiger partial charge < -0.3 is 9.64 Å². The molecule has 0 unspecified atom stereocenters. The normalized spacial score (nSPS) is 10.5. The molecule has 3 nitrogen and oxygen atoms in total. The number of anilines is 1. The molecule has 1 amide bonds. The van der Waals surface area contributed by atoms with Crippen molar-refractivity contribution in [3.8, 4) is 5.75 Å². The van der Waals surface area contributed by atoms with E-state index >= 15 is 0 Å². The molecular weight excluding hydrogens is 294 g/mol. The number of benzene rings is 2. The molecule has 22 heavy (non-hydrogen) atoms. The van der Waals surface area contributed by atoms with E-state index in [4.69, 9.17) is 4.74 Å². The maximum absolute atomic E-state index is 12.6. The zero-order chi connectivity index (χ0) is 15.9. The van der Waals surface area contributed by atoms with Crippen molar-refractivity contribution in [3.63, 3.8) is 0 Å². The molecule has 2 aromatic carbocycles. The van der Waals surface area contributed by atoms with Crippen LogP contribution in [0.1, 0.15) is 13.8 Å². The zero-order valence-corrected chi connectivity index (χ0v) is 14.0. The van der Waals surface area contributed by atoms with Crippen LogP contribution in [0, 0.1) is 0 Å². The minimum atomic E-state index is 0.106. The molecule has 0 aromatic heterocycles. The second-order valence-electron chi connectivity index (χ2n) is 5.16. The Balaban J connectivity index is 2.06. The number of hydrogen-bond donors (Lipinski definition) is 0. The molecule has 2 rings (SSSR count). The topological polar surface area (TPSA) is 29.5 Å². The van der Waals surface area contributed by atoms with Crippen molar-refractivity contribution in [2.45, 2.75) is 24.8 Å². The maximum atomic E-state index is 12.6. The third kappa shape index (κ3) is 4.28. The molecule has 0 bridgehead atoms. The zero-order valence-electron chi connectivity index (χ0n) is 13.2. The van der Waals surface area contributed by atoms with E-state index in [9.17, 15) is 4.79 Å². The van der Waals surface area contributed by atoms with Gasteiger partial charge in [-0.2, -0.15) is 0 Å². The van der Waals surface area contributed by atoms with Crippen LogP contribution in [0.25, 0.3) is 0 Å². The van der Waals surface area contributed by atoms with Crippen LogP contribution in [0.3, 0.4) is 0 Å². The number of amides is 1. The predicted molar refractivity (Wildman–Crippen MR) is 92.8 cm³/mol. The summed E-state index contributed by atoms with van der Waals surface area (Å²) in [5, 5.41) is 0. The highest BCUT2D eigenvalue weighted by atomic mass is 32.2. The van der Waals surface area contributed by atoms with Crippen molar-refractivity contribution in [1.29, 1.82) is 0 Å². The fourth-order valence-electron chi connectivity index (χ4n) is 2.22. The van der Waals surface area contributed by atoms with Gasteiger partial charge in [0.25, 0.3) is 0 Å². The number of carbonyl (C=O) groups is 1. The Morgan fingerprint density at radius 1 is 1.14 bits per heavy atom. The second kappa shape index (κ2) is 7.90. The largest absolute Gasteiger partial charge is 0.497 e. The summed E-state index contributed by atoms with van der Waals surface area (Å²) in [5.74, 6) is 1.32. The number of thioether (sulfide) groups is 1. The van der Waals surface area contributed by atoms with E-state index in [1.54, 1.807) is 7.11 Å². The summed E-state index contributed by atoms with van der Waals surface area (Å²) < 4.78 is 5.21. The molecule has 116 valence electrons. The number of hydrogen-bond acceptors (Lipinski definition) is 3. The third-order valence-electron chi connectivity index (χ3n) is 3.22. The number of ether oxygens (including phenoxy) is 1. The lowest BCUT2D eigenvalue weighted by Gasteiger charge is -2.26. The molecule has 0 radical (unpaired) electrons. The summed E-state index contributed by atoms with van der Waals surface area (Å²) in [7, 11) is 1.64. The van der Waals surface area contributed by atoms with Crippen LogP contribution >= 0.6 is 11.8 Å². The van der Waals surface area contributed by atoms with E-state index in [0.717, 1.165) is 16.3 Å². The Kier molecular flexibility index (Phi) is 5.90. The minimum absolute atomic E-state index is 0.106. The molecule has 0 spiro atoms. The standard InChI is InChI=1S/C18H21NO2S/c1-14(2)19(15-8-5-4-6-9-15)18(20)13-22-17-11-7-10-16(12-17)21-3/h4-12,14H,13H2,1-3H3. The Bertz CT molecular complexity index is 613. The monoisotopic (exact) mass is 315 g/mol. The van der Waals surface area contributed by atoms with Gasteiger partial charge in [-0.05, 0) is 44.2 Å². The summed E-state index contributed by atoms with van der Waals surface area (Å²) in [6.45, 7) is 4.06. The number of carbonyl (C=O) groups excluding carboxylic acids is 1. The highest BCUT2D eigenvalue weighted by Gasteiger charge is 2.18. The summed E-state index contributed by atoms with van der Waals surface area (Å²) in [4.78, 5) is 15.5. The Morgan fingerprint density at radius 3 is 2.50 bits per heavy atom. The average Bonchev–Trinajstić information content (AvgIpc) is 2.54. The fraction of sp³-hybridized carbons (Fsp3) is 0.278. The smallest absolute Gasteiger partial charge is 0.237 e. The van der Waals surface area contributed by atoms with Crippen LogP contribution in [-0.4, -0.2) is 24.8 Å². The van der Waals surface area contributed by atoms with Gasteiger partial charge in [-0.1, -0.05) is 24.3 Å². The van der Waals surface area contributed by atoms with Crippen LogP contribution in [0.5, 0.6) is 5.75 Å². The SMILES string of the molecule is COc1cccc(SCC(=O)N(c2ccccc2)C(C)C)c1. The van der Waals surface area contributed by atoms with E-state index in [0.29, 0.717) is 5.75 Å². The van der Waals surface area contributed by atoms with E-state index in [-0.39, 0.29) is 11.9 Å². The van der Waals surface area contributed by atoms with Gasteiger partial charge in [0.15, 0.2) is 0 Å². The van der Waals surface area contributed by atoms with Gasteiger partial charge in [0.2, 0.25) is 5.91 Å². The molecule has 0 saturated heterocycles. The van der Waals surface area contributed by atoms with Gasteiger partial charge in [-0.3, -0.25) is 4.79 Å². The third-order valence-corrected chi connectivity index (χ3v) is 4.20. The first-order valence-electron chi connectivity index (χ1n) is 7.26. The molecule has 0 fully saturated rings. The quantitative estimate of drug-likeness (QED) is 0.747. The van der Waals surface area contributed by atoms with Crippen molar-refractivity contribution in [2.75, 3.05) is 17.8 Å². The minimum Gasteiger partial charge on any atom is -0.497 e. The molecule has 0 aliphatic heterocycles. The summed E-state index contributed by atoms with van der Waals surface area (Å²) in [6, 6.07) is 17.7. The molecule has 0 heterocycles. The average molecular weight is 315 g/mol. The van der Waals surface area contributed by atoms with Crippen molar-refractivity contribution in [2.24, 2.45) is 0 Å². The maximum Gasteiger partial charge on any atom is 0.237 e. The first kappa shape index (κ1) is 16.4. The highest BCUT2D eigenvalue weighted by molar-refractivity contribution is 8.00. The van der Waals surface area contributed by atoms with E-state index in [1.165, 1.54) is 11.8 Å². The first-order valence-corrected chi connectivity index (χ1v) is 8.24. The fourth-order valence-corrected chi connectivity index (χ4v) is 3.03. The molecular formula is C18H21NO2S. The van der Waals surface area contributed by atoms with Gasteiger partial charge in [0.05, 0.1) is 12.9 Å². The van der Waals surface area contributed by atoms with Gasteiger partial charge in [0, 0.05) is 16.6 Å². The number of nitrogens with zero attached hydrogens (tertiary/aromatic N) is 1. The van der Waals surface area contributed by atoms with Crippen molar-refractivity contribution >= 4 is 23.4 Å². The van der Waals surface area contributed by atoms with E-state index in [2.05, 4.69) is 0 Å². The molecule has 4 heteroatoms. The molecule has 0 aliphatic rings. The van der Waals surface area contributed by atoms with Crippen molar-refractivity contribution in [1.82, 2.24) is 0 Å². The molecule has 0 saturated carbocycles. The summed E-state index contributed by atoms with van der Waals surface area (Å²) >= 11 is 1.53. The first-order chi connectivity index (χ1) is 10.6. The lowest BCUT2D eigenvalue weighted by Crippen LogP contribution is -2.38. The summed E-state index contributed by atoms with van der Waals surface area (Å²) in [6.07, 6.45) is 0. The summed E-state index contributed by atoms with van der Waals surface area (Å²) in [5.41, 5.74) is 0.939. The molecule has 2 aromatic rings. The molecule has 0 aliphatic carbocycles. The number of methoxy groups -OCH3 is 1. The van der Waals surface area contributed by atoms with Crippen molar-refractivity contribution in [3.05, 3.63) is 54.6 Å². The van der Waals surface area contributed by atoms with E-state index in [1.807, 2.05) is 73.3 Å². The van der Waals surface area contributed by atoms with Crippen LogP contribution in [0.15, 0.2) is 59.5 Å². The Hall–Kier alpha value is -1.94. The highest BCUT2D eigenvalue weighted by Crippen LogP contribution is 2.24. The van der Waals surface area contributed by atoms with Gasteiger partial charge in [-0.15, -0.1) is 11.8 Å². The van der Waals surface area contributed by atoms with Gasteiger partial charge in [-0.25, -0.2) is 0 Å². The number of rotatable bonds is 6. The Morgan fingerprint density at radius 2 is 1.86 bits per heavy atom. The van der Waals surface area contributed by atoms with Crippen LogP contribution in [0.2, 0.25) is 0 Å². The van der Waals surface area contributed by atoms with Crippen molar-refractivity contribution < 1.29 is 9.53 Å². The van der Waals surface area contributed by atoms with Gasteiger partial charge >= 0.3 is 0 Å².